The maximum Gasteiger partial charge on any atom is 0.00968 e. The molecular formula is C11H25NS. The molecule has 0 aliphatic heterocycles. The Hall–Kier alpha value is 0.180. The van der Waals surface area contributed by atoms with Crippen molar-refractivity contribution in [3.05, 3.63) is 0 Å². The van der Waals surface area contributed by atoms with Crippen molar-refractivity contribution in [2.75, 3.05) is 12.3 Å². The van der Waals surface area contributed by atoms with Crippen LogP contribution in [0.15, 0.2) is 0 Å². The van der Waals surface area contributed by atoms with Crippen LogP contribution in [0.25, 0.3) is 0 Å². The molecule has 0 heterocycles. The molecule has 0 saturated carbocycles. The molecule has 13 heavy (non-hydrogen) atoms. The third kappa shape index (κ3) is 7.27. The lowest BCUT2D eigenvalue weighted by atomic mass is 10.1. The van der Waals surface area contributed by atoms with Crippen molar-refractivity contribution in [1.29, 1.82) is 0 Å². The van der Waals surface area contributed by atoms with Gasteiger partial charge in [-0.3, -0.25) is 0 Å². The van der Waals surface area contributed by atoms with Crippen molar-refractivity contribution in [1.82, 2.24) is 5.32 Å². The van der Waals surface area contributed by atoms with Crippen molar-refractivity contribution < 1.29 is 0 Å². The third-order valence-electron chi connectivity index (χ3n) is 1.87. The molecule has 0 aliphatic rings. The second-order valence-electron chi connectivity index (χ2n) is 5.49. The Bertz CT molecular complexity index is 172. The highest BCUT2D eigenvalue weighted by Gasteiger charge is 2.14. The van der Waals surface area contributed by atoms with Crippen LogP contribution in [0, 0.1) is 0 Å². The molecule has 0 aliphatic carbocycles. The molecule has 0 amide bonds. The molecule has 1 unspecified atom stereocenters. The highest BCUT2D eigenvalue weighted by molar-refractivity contribution is 8.15. The molecule has 0 saturated heterocycles. The maximum atomic E-state index is 4.22. The Morgan fingerprint density at radius 3 is 1.85 bits per heavy atom. The van der Waals surface area contributed by atoms with Gasteiger partial charge in [-0.15, -0.1) is 0 Å². The predicted octanol–water partition coefficient (Wildman–Crippen LogP) is 2.87. The first-order valence-electron chi connectivity index (χ1n) is 4.89. The van der Waals surface area contributed by atoms with Gasteiger partial charge in [0.15, 0.2) is 0 Å². The van der Waals surface area contributed by atoms with Crippen molar-refractivity contribution in [2.24, 2.45) is 0 Å². The third-order valence-corrected chi connectivity index (χ3v) is 4.30. The van der Waals surface area contributed by atoms with E-state index >= 15 is 0 Å². The summed E-state index contributed by atoms with van der Waals surface area (Å²) in [5, 5.41) is 3.49. The maximum absolute atomic E-state index is 4.22. The normalized spacial score (nSPS) is 15.8. The number of hydrogen-bond donors (Lipinski definition) is 1. The first-order valence-corrected chi connectivity index (χ1v) is 6.45. The number of hydrogen-bond acceptors (Lipinski definition) is 1. The quantitative estimate of drug-likeness (QED) is 0.696. The Labute approximate surface area is 86.2 Å². The van der Waals surface area contributed by atoms with Gasteiger partial charge in [0.25, 0.3) is 0 Å². The van der Waals surface area contributed by atoms with E-state index in [0.717, 1.165) is 6.54 Å². The largest absolute Gasteiger partial charge is 0.311 e. The smallest absolute Gasteiger partial charge is 0.00968 e. The molecule has 0 aromatic rings. The zero-order valence-corrected chi connectivity index (χ0v) is 10.8. The predicted molar refractivity (Wildman–Crippen MR) is 67.1 cm³/mol. The van der Waals surface area contributed by atoms with Gasteiger partial charge in [-0.1, -0.05) is 26.6 Å². The van der Waals surface area contributed by atoms with Gasteiger partial charge in [0, 0.05) is 22.6 Å². The van der Waals surface area contributed by atoms with Crippen molar-refractivity contribution >= 4 is 16.4 Å². The summed E-state index contributed by atoms with van der Waals surface area (Å²) < 4.78 is 0.361. The van der Waals surface area contributed by atoms with Crippen LogP contribution in [0.1, 0.15) is 41.5 Å². The molecular weight excluding hydrogens is 178 g/mol. The number of rotatable bonds is 3. The summed E-state index contributed by atoms with van der Waals surface area (Å²) in [6, 6.07) is 0. The van der Waals surface area contributed by atoms with Gasteiger partial charge in [0.2, 0.25) is 0 Å². The molecule has 0 radical (unpaired) electrons. The number of nitrogens with one attached hydrogen (secondary N) is 1. The fourth-order valence-corrected chi connectivity index (χ4v) is 1.82. The fraction of sp³-hybridized carbons (Fsp3) is 0.909. The lowest BCUT2D eigenvalue weighted by Crippen LogP contribution is -2.37. The van der Waals surface area contributed by atoms with Gasteiger partial charge in [-0.2, -0.15) is 10.5 Å². The van der Waals surface area contributed by atoms with Gasteiger partial charge in [0.05, 0.1) is 0 Å². The Morgan fingerprint density at radius 2 is 1.54 bits per heavy atom. The van der Waals surface area contributed by atoms with Crippen LogP contribution in [0.4, 0.5) is 0 Å². The topological polar surface area (TPSA) is 12.0 Å². The molecule has 0 aromatic heterocycles. The van der Waals surface area contributed by atoms with E-state index in [-0.39, 0.29) is 16.0 Å². The van der Waals surface area contributed by atoms with Crippen LogP contribution in [-0.4, -0.2) is 28.5 Å². The SMILES string of the molecule is C=S(CCNC(C)(C)C)C(C)(C)C. The highest BCUT2D eigenvalue weighted by atomic mass is 32.2. The minimum atomic E-state index is 0.238. The van der Waals surface area contributed by atoms with E-state index in [9.17, 15) is 0 Å². The fourth-order valence-electron chi connectivity index (χ4n) is 0.855. The molecule has 0 spiro atoms. The minimum Gasteiger partial charge on any atom is -0.311 e. The summed E-state index contributed by atoms with van der Waals surface area (Å²) in [7, 11) is 0.265. The van der Waals surface area contributed by atoms with Crippen molar-refractivity contribution in [2.45, 2.75) is 51.8 Å². The Morgan fingerprint density at radius 1 is 1.08 bits per heavy atom. The molecule has 80 valence electrons. The summed E-state index contributed by atoms with van der Waals surface area (Å²) >= 11 is 0. The summed E-state index contributed by atoms with van der Waals surface area (Å²) in [5.41, 5.74) is 0.238. The summed E-state index contributed by atoms with van der Waals surface area (Å²) in [6.45, 7) is 14.5. The molecule has 0 fully saturated rings. The van der Waals surface area contributed by atoms with Crippen LogP contribution >= 0.6 is 10.5 Å². The molecule has 0 rings (SSSR count). The Balaban J connectivity index is 3.74. The summed E-state index contributed by atoms with van der Waals surface area (Å²) in [4.78, 5) is 0. The average molecular weight is 203 g/mol. The minimum absolute atomic E-state index is 0.238. The van der Waals surface area contributed by atoms with Crippen LogP contribution in [0.2, 0.25) is 0 Å². The first-order chi connectivity index (χ1) is 5.63. The van der Waals surface area contributed by atoms with Crippen molar-refractivity contribution in [3.8, 4) is 0 Å². The highest BCUT2D eigenvalue weighted by Crippen LogP contribution is 2.28. The van der Waals surface area contributed by atoms with Crippen LogP contribution in [0.3, 0.4) is 0 Å². The summed E-state index contributed by atoms with van der Waals surface area (Å²) in [5.74, 6) is 5.40. The van der Waals surface area contributed by atoms with E-state index in [1.54, 1.807) is 0 Å². The molecule has 1 atom stereocenters. The molecule has 1 N–H and O–H groups in total. The summed E-state index contributed by atoms with van der Waals surface area (Å²) in [6.07, 6.45) is 0. The molecule has 2 heteroatoms. The van der Waals surface area contributed by atoms with Crippen LogP contribution < -0.4 is 5.32 Å². The Kier molecular flexibility index (Phi) is 4.67. The van der Waals surface area contributed by atoms with Crippen molar-refractivity contribution in [3.63, 3.8) is 0 Å². The van der Waals surface area contributed by atoms with Gasteiger partial charge in [-0.05, 0) is 20.8 Å². The lowest BCUT2D eigenvalue weighted by molar-refractivity contribution is 0.440. The second kappa shape index (κ2) is 4.61. The van der Waals surface area contributed by atoms with Crippen LogP contribution in [0.5, 0.6) is 0 Å². The van der Waals surface area contributed by atoms with Gasteiger partial charge in [-0.25, -0.2) is 0 Å². The van der Waals surface area contributed by atoms with Gasteiger partial charge < -0.3 is 5.32 Å². The lowest BCUT2D eigenvalue weighted by Gasteiger charge is -2.26. The van der Waals surface area contributed by atoms with Crippen LogP contribution in [-0.2, 0) is 0 Å². The van der Waals surface area contributed by atoms with E-state index in [0.29, 0.717) is 4.75 Å². The van der Waals surface area contributed by atoms with E-state index in [4.69, 9.17) is 0 Å². The molecule has 0 bridgehead atoms. The molecule has 0 aromatic carbocycles. The molecule has 1 nitrogen and oxygen atoms in total. The zero-order chi connectivity index (χ0) is 10.7. The zero-order valence-electron chi connectivity index (χ0n) is 10.0. The standard InChI is InChI=1S/C11H25NS/c1-10(2,3)12-8-9-13(7)11(4,5)6/h12H,7-9H2,1-6H3. The van der Waals surface area contributed by atoms with E-state index in [2.05, 4.69) is 52.7 Å². The van der Waals surface area contributed by atoms with E-state index in [1.807, 2.05) is 0 Å². The first kappa shape index (κ1) is 13.2. The second-order valence-corrected chi connectivity index (χ2v) is 8.10. The van der Waals surface area contributed by atoms with Gasteiger partial charge >= 0.3 is 0 Å². The van der Waals surface area contributed by atoms with E-state index < -0.39 is 0 Å². The monoisotopic (exact) mass is 203 g/mol. The average Bonchev–Trinajstić information content (AvgIpc) is 1.82. The van der Waals surface area contributed by atoms with E-state index in [1.165, 1.54) is 5.75 Å². The van der Waals surface area contributed by atoms with Gasteiger partial charge in [0.1, 0.15) is 0 Å².